The lowest BCUT2D eigenvalue weighted by Crippen LogP contribution is -2.34. The van der Waals surface area contributed by atoms with Crippen molar-refractivity contribution in [1.82, 2.24) is 15.0 Å². The highest BCUT2D eigenvalue weighted by atomic mass is 16.6. The van der Waals surface area contributed by atoms with Gasteiger partial charge in [-0.05, 0) is 63.1 Å². The van der Waals surface area contributed by atoms with Crippen LogP contribution >= 0.6 is 0 Å². The molecule has 3 aromatic rings. The molecule has 11 heteroatoms. The third-order valence-electron chi connectivity index (χ3n) is 6.57. The molecule has 0 bridgehead atoms. The molecule has 0 amide bonds. The molecule has 2 aromatic heterocycles. The number of non-ortho nitro benzene ring substituents is 1. The first-order chi connectivity index (χ1) is 17.6. The average Bonchev–Trinajstić information content (AvgIpc) is 3.38. The SMILES string of the molecule is Cc1ccc([N+](=O)[O-])cc1-c1ccc(C=NNc2nc(N3CCCCC3)nc(N3CCCCC3)n2)o1. The summed E-state index contributed by atoms with van der Waals surface area (Å²) in [6.45, 7) is 5.66. The van der Waals surface area contributed by atoms with E-state index in [1.165, 1.54) is 25.0 Å². The van der Waals surface area contributed by atoms with Gasteiger partial charge < -0.3 is 14.2 Å². The van der Waals surface area contributed by atoms with Gasteiger partial charge in [0.2, 0.25) is 17.8 Å². The Morgan fingerprint density at radius 3 is 2.19 bits per heavy atom. The molecule has 0 aliphatic carbocycles. The number of hydrogen-bond acceptors (Lipinski definition) is 10. The van der Waals surface area contributed by atoms with Crippen molar-refractivity contribution in [2.24, 2.45) is 5.10 Å². The summed E-state index contributed by atoms with van der Waals surface area (Å²) < 4.78 is 5.88. The molecule has 2 saturated heterocycles. The smallest absolute Gasteiger partial charge is 0.270 e. The molecule has 0 atom stereocenters. The summed E-state index contributed by atoms with van der Waals surface area (Å²) in [6, 6.07) is 8.26. The predicted molar refractivity (Wildman–Crippen MR) is 139 cm³/mol. The summed E-state index contributed by atoms with van der Waals surface area (Å²) >= 11 is 0. The highest BCUT2D eigenvalue weighted by Crippen LogP contribution is 2.29. The number of benzene rings is 1. The van der Waals surface area contributed by atoms with Gasteiger partial charge in [0.15, 0.2) is 0 Å². The van der Waals surface area contributed by atoms with E-state index >= 15 is 0 Å². The highest BCUT2D eigenvalue weighted by molar-refractivity contribution is 5.78. The number of hydrazone groups is 1. The van der Waals surface area contributed by atoms with E-state index in [0.717, 1.165) is 57.4 Å². The number of rotatable bonds is 7. The number of piperidine rings is 2. The average molecular weight is 491 g/mol. The van der Waals surface area contributed by atoms with E-state index in [9.17, 15) is 10.1 Å². The molecule has 1 N–H and O–H groups in total. The van der Waals surface area contributed by atoms with Crippen molar-refractivity contribution < 1.29 is 9.34 Å². The maximum absolute atomic E-state index is 11.2. The zero-order valence-electron chi connectivity index (χ0n) is 20.4. The monoisotopic (exact) mass is 490 g/mol. The van der Waals surface area contributed by atoms with E-state index in [0.29, 0.717) is 34.9 Å². The largest absolute Gasteiger partial charge is 0.455 e. The summed E-state index contributed by atoms with van der Waals surface area (Å²) in [6.07, 6.45) is 8.55. The van der Waals surface area contributed by atoms with Crippen LogP contribution in [-0.4, -0.2) is 52.3 Å². The molecule has 36 heavy (non-hydrogen) atoms. The van der Waals surface area contributed by atoms with Gasteiger partial charge >= 0.3 is 0 Å². The molecule has 0 saturated carbocycles. The number of furan rings is 1. The minimum atomic E-state index is -0.414. The number of hydrogen-bond donors (Lipinski definition) is 1. The molecule has 188 valence electrons. The van der Waals surface area contributed by atoms with Crippen molar-refractivity contribution in [3.8, 4) is 11.3 Å². The molecule has 1 aromatic carbocycles. The quantitative estimate of drug-likeness (QED) is 0.283. The number of nitro benzene ring substituents is 1. The second kappa shape index (κ2) is 10.7. The van der Waals surface area contributed by atoms with E-state index in [4.69, 9.17) is 9.40 Å². The zero-order valence-corrected chi connectivity index (χ0v) is 20.4. The fourth-order valence-corrected chi connectivity index (χ4v) is 4.58. The van der Waals surface area contributed by atoms with Crippen LogP contribution in [0.4, 0.5) is 23.5 Å². The lowest BCUT2D eigenvalue weighted by atomic mass is 10.1. The highest BCUT2D eigenvalue weighted by Gasteiger charge is 2.20. The molecule has 5 rings (SSSR count). The lowest BCUT2D eigenvalue weighted by molar-refractivity contribution is -0.384. The van der Waals surface area contributed by atoms with E-state index in [1.54, 1.807) is 24.4 Å². The Labute approximate surface area is 209 Å². The van der Waals surface area contributed by atoms with Crippen molar-refractivity contribution >= 4 is 29.7 Å². The Morgan fingerprint density at radius 1 is 0.944 bits per heavy atom. The number of nitrogens with zero attached hydrogens (tertiary/aromatic N) is 7. The second-order valence-corrected chi connectivity index (χ2v) is 9.18. The van der Waals surface area contributed by atoms with Crippen LogP contribution in [-0.2, 0) is 0 Å². The Hall–Kier alpha value is -4.02. The standard InChI is InChI=1S/C25H30N8O3/c1-18-8-9-19(33(34)35)16-21(18)22-11-10-20(36-22)17-26-30-23-27-24(31-12-4-2-5-13-31)29-25(28-23)32-14-6-3-7-15-32/h8-11,16-17H,2-7,12-15H2,1H3,(H,27,28,29,30). The molecular weight excluding hydrogens is 460 g/mol. The Kier molecular flexibility index (Phi) is 7.06. The van der Waals surface area contributed by atoms with Crippen LogP contribution in [0.25, 0.3) is 11.3 Å². The third kappa shape index (κ3) is 5.45. The second-order valence-electron chi connectivity index (χ2n) is 9.18. The minimum absolute atomic E-state index is 0.0211. The van der Waals surface area contributed by atoms with Crippen molar-refractivity contribution in [1.29, 1.82) is 0 Å². The van der Waals surface area contributed by atoms with Crippen LogP contribution in [0.3, 0.4) is 0 Å². The lowest BCUT2D eigenvalue weighted by Gasteiger charge is -2.30. The number of anilines is 3. The molecule has 2 fully saturated rings. The Bertz CT molecular complexity index is 1210. The maximum Gasteiger partial charge on any atom is 0.270 e. The topological polar surface area (TPSA) is 126 Å². The first-order valence-corrected chi connectivity index (χ1v) is 12.5. The number of aryl methyl sites for hydroxylation is 1. The molecule has 0 spiro atoms. The van der Waals surface area contributed by atoms with Crippen LogP contribution in [0.5, 0.6) is 0 Å². The Balaban J connectivity index is 1.34. The van der Waals surface area contributed by atoms with E-state index in [-0.39, 0.29) is 5.69 Å². The molecule has 0 unspecified atom stereocenters. The fourth-order valence-electron chi connectivity index (χ4n) is 4.58. The molecule has 0 radical (unpaired) electrons. The first kappa shape index (κ1) is 23.7. The van der Waals surface area contributed by atoms with Gasteiger partial charge in [-0.25, -0.2) is 5.43 Å². The molecule has 4 heterocycles. The van der Waals surface area contributed by atoms with E-state index < -0.39 is 4.92 Å². The van der Waals surface area contributed by atoms with Gasteiger partial charge in [-0.15, -0.1) is 0 Å². The number of nitro groups is 1. The summed E-state index contributed by atoms with van der Waals surface area (Å²) in [5.74, 6) is 2.81. The van der Waals surface area contributed by atoms with Crippen LogP contribution in [0.1, 0.15) is 49.8 Å². The van der Waals surface area contributed by atoms with Crippen LogP contribution in [0.2, 0.25) is 0 Å². The van der Waals surface area contributed by atoms with Gasteiger partial charge in [0.05, 0.1) is 11.1 Å². The molecule has 2 aliphatic rings. The van der Waals surface area contributed by atoms with Gasteiger partial charge in [-0.1, -0.05) is 6.07 Å². The van der Waals surface area contributed by atoms with Crippen molar-refractivity contribution in [3.63, 3.8) is 0 Å². The fraction of sp³-hybridized carbons (Fsp3) is 0.440. The van der Waals surface area contributed by atoms with Gasteiger partial charge in [0.25, 0.3) is 5.69 Å². The van der Waals surface area contributed by atoms with Gasteiger partial charge in [0, 0.05) is 43.9 Å². The summed E-state index contributed by atoms with van der Waals surface area (Å²) in [5, 5.41) is 15.4. The number of nitrogens with one attached hydrogen (secondary N) is 1. The van der Waals surface area contributed by atoms with Crippen molar-refractivity contribution in [2.75, 3.05) is 41.4 Å². The summed E-state index contributed by atoms with van der Waals surface area (Å²) in [7, 11) is 0. The van der Waals surface area contributed by atoms with Crippen molar-refractivity contribution in [3.05, 3.63) is 51.8 Å². The minimum Gasteiger partial charge on any atom is -0.455 e. The Morgan fingerprint density at radius 2 is 1.58 bits per heavy atom. The molecular formula is C25H30N8O3. The number of aromatic nitrogens is 3. The summed E-state index contributed by atoms with van der Waals surface area (Å²) in [5.41, 5.74) is 4.52. The molecule has 11 nitrogen and oxygen atoms in total. The van der Waals surface area contributed by atoms with Crippen LogP contribution < -0.4 is 15.2 Å². The van der Waals surface area contributed by atoms with Crippen molar-refractivity contribution in [2.45, 2.75) is 45.4 Å². The van der Waals surface area contributed by atoms with Gasteiger partial charge in [-0.3, -0.25) is 10.1 Å². The van der Waals surface area contributed by atoms with Crippen LogP contribution in [0, 0.1) is 17.0 Å². The van der Waals surface area contributed by atoms with Gasteiger partial charge in [0.1, 0.15) is 11.5 Å². The third-order valence-corrected chi connectivity index (χ3v) is 6.57. The maximum atomic E-state index is 11.2. The zero-order chi connectivity index (χ0) is 24.9. The van der Waals surface area contributed by atoms with E-state index in [2.05, 4.69) is 30.3 Å². The predicted octanol–water partition coefficient (Wildman–Crippen LogP) is 4.77. The van der Waals surface area contributed by atoms with Gasteiger partial charge in [-0.2, -0.15) is 20.1 Å². The summed E-state index contributed by atoms with van der Waals surface area (Å²) in [4.78, 5) is 29.2. The van der Waals surface area contributed by atoms with E-state index in [1.807, 2.05) is 6.92 Å². The first-order valence-electron chi connectivity index (χ1n) is 12.5. The molecule has 2 aliphatic heterocycles. The normalized spacial score (nSPS) is 16.5. The van der Waals surface area contributed by atoms with Crippen LogP contribution in [0.15, 0.2) is 39.9 Å².